The van der Waals surface area contributed by atoms with Crippen LogP contribution in [-0.2, 0) is 4.74 Å². The Morgan fingerprint density at radius 3 is 2.74 bits per heavy atom. The summed E-state index contributed by atoms with van der Waals surface area (Å²) < 4.78 is 5.39. The Kier molecular flexibility index (Phi) is 8.55. The summed E-state index contributed by atoms with van der Waals surface area (Å²) >= 11 is 2.11. The molecule has 0 aromatic heterocycles. The summed E-state index contributed by atoms with van der Waals surface area (Å²) in [6.07, 6.45) is 2.45. The molecule has 0 aromatic rings. The molecule has 0 spiro atoms. The van der Waals surface area contributed by atoms with Crippen LogP contribution in [0.1, 0.15) is 26.7 Å². The Bertz CT molecular complexity index is 359. The van der Waals surface area contributed by atoms with E-state index in [-0.39, 0.29) is 0 Å². The molecule has 2 fully saturated rings. The average Bonchev–Trinajstić information content (AvgIpc) is 2.59. The average molecular weight is 343 g/mol. The third-order valence-electron chi connectivity index (χ3n) is 4.64. The maximum atomic E-state index is 5.39. The zero-order valence-electron chi connectivity index (χ0n) is 15.1. The second kappa shape index (κ2) is 10.4. The van der Waals surface area contributed by atoms with Crippen LogP contribution < -0.4 is 5.32 Å². The Morgan fingerprint density at radius 2 is 2.04 bits per heavy atom. The van der Waals surface area contributed by atoms with Gasteiger partial charge in [-0.1, -0.05) is 13.8 Å². The van der Waals surface area contributed by atoms with E-state index in [1.165, 1.54) is 25.1 Å². The fraction of sp³-hybridized carbons (Fsp3) is 0.941. The minimum Gasteiger partial charge on any atom is -0.379 e. The standard InChI is InChI=1S/C17H34N4OS/c1-15(2)16-14-21(10-13-23-16)17(18-3)19-6-4-5-7-20-8-11-22-12-9-20/h15-16H,4-14H2,1-3H3,(H,18,19). The highest BCUT2D eigenvalue weighted by Crippen LogP contribution is 2.24. The Morgan fingerprint density at radius 1 is 1.26 bits per heavy atom. The largest absolute Gasteiger partial charge is 0.379 e. The second-order valence-corrected chi connectivity index (χ2v) is 8.08. The molecule has 23 heavy (non-hydrogen) atoms. The molecule has 1 unspecified atom stereocenters. The zero-order chi connectivity index (χ0) is 16.5. The fourth-order valence-electron chi connectivity index (χ4n) is 3.09. The van der Waals surface area contributed by atoms with E-state index in [1.54, 1.807) is 0 Å². The van der Waals surface area contributed by atoms with Crippen molar-refractivity contribution in [3.05, 3.63) is 0 Å². The Labute approximate surface area is 146 Å². The quantitative estimate of drug-likeness (QED) is 0.452. The van der Waals surface area contributed by atoms with Gasteiger partial charge in [0.2, 0.25) is 0 Å². The van der Waals surface area contributed by atoms with Crippen molar-refractivity contribution >= 4 is 17.7 Å². The molecule has 2 rings (SSSR count). The van der Waals surface area contributed by atoms with E-state index in [4.69, 9.17) is 4.74 Å². The van der Waals surface area contributed by atoms with Crippen molar-refractivity contribution in [3.63, 3.8) is 0 Å². The summed E-state index contributed by atoms with van der Waals surface area (Å²) in [5.41, 5.74) is 0. The lowest BCUT2D eigenvalue weighted by Gasteiger charge is -2.36. The smallest absolute Gasteiger partial charge is 0.193 e. The number of aliphatic imine (C=N–C) groups is 1. The van der Waals surface area contributed by atoms with E-state index in [2.05, 4.69) is 45.7 Å². The van der Waals surface area contributed by atoms with Crippen molar-refractivity contribution in [1.82, 2.24) is 15.1 Å². The minimum absolute atomic E-state index is 0.726. The summed E-state index contributed by atoms with van der Waals surface area (Å²) in [5.74, 6) is 3.03. The van der Waals surface area contributed by atoms with E-state index in [1.807, 2.05) is 7.05 Å². The highest BCUT2D eigenvalue weighted by Gasteiger charge is 2.24. The number of thioether (sulfide) groups is 1. The van der Waals surface area contributed by atoms with Gasteiger partial charge in [-0.2, -0.15) is 11.8 Å². The third-order valence-corrected chi connectivity index (χ3v) is 6.18. The number of ether oxygens (including phenoxy) is 1. The lowest BCUT2D eigenvalue weighted by atomic mass is 10.1. The first-order chi connectivity index (χ1) is 11.2. The SMILES string of the molecule is CN=C(NCCCCN1CCOCC1)N1CCSC(C(C)C)C1. The number of guanidine groups is 1. The number of hydrogen-bond donors (Lipinski definition) is 1. The number of morpholine rings is 1. The van der Waals surface area contributed by atoms with Crippen LogP contribution in [0.3, 0.4) is 0 Å². The molecule has 0 bridgehead atoms. The lowest BCUT2D eigenvalue weighted by molar-refractivity contribution is 0.0372. The number of nitrogens with zero attached hydrogens (tertiary/aromatic N) is 3. The number of hydrogen-bond acceptors (Lipinski definition) is 4. The van der Waals surface area contributed by atoms with Crippen LogP contribution in [0.2, 0.25) is 0 Å². The highest BCUT2D eigenvalue weighted by atomic mass is 32.2. The Hall–Kier alpha value is -0.460. The summed E-state index contributed by atoms with van der Waals surface area (Å²) in [6.45, 7) is 13.1. The topological polar surface area (TPSA) is 40.1 Å². The fourth-order valence-corrected chi connectivity index (χ4v) is 4.39. The monoisotopic (exact) mass is 342 g/mol. The second-order valence-electron chi connectivity index (χ2n) is 6.73. The van der Waals surface area contributed by atoms with E-state index in [0.717, 1.165) is 63.1 Å². The van der Waals surface area contributed by atoms with Gasteiger partial charge in [0.15, 0.2) is 5.96 Å². The first kappa shape index (κ1) is 18.9. The van der Waals surface area contributed by atoms with E-state index in [0.29, 0.717) is 0 Å². The molecule has 2 aliphatic heterocycles. The summed E-state index contributed by atoms with van der Waals surface area (Å²) in [6, 6.07) is 0. The van der Waals surface area contributed by atoms with Gasteiger partial charge >= 0.3 is 0 Å². The molecule has 0 aromatic carbocycles. The van der Waals surface area contributed by atoms with Gasteiger partial charge in [0.05, 0.1) is 13.2 Å². The van der Waals surface area contributed by atoms with Crippen LogP contribution >= 0.6 is 11.8 Å². The highest BCUT2D eigenvalue weighted by molar-refractivity contribution is 8.00. The van der Waals surface area contributed by atoms with Crippen LogP contribution in [-0.4, -0.2) is 86.3 Å². The predicted octanol–water partition coefficient (Wildman–Crippen LogP) is 1.75. The van der Waals surface area contributed by atoms with Gasteiger partial charge in [-0.05, 0) is 25.3 Å². The molecule has 0 radical (unpaired) electrons. The molecule has 2 saturated heterocycles. The van der Waals surface area contributed by atoms with Crippen molar-refractivity contribution in [2.75, 3.05) is 65.3 Å². The molecule has 0 amide bonds. The van der Waals surface area contributed by atoms with Gasteiger partial charge in [0.1, 0.15) is 0 Å². The zero-order valence-corrected chi connectivity index (χ0v) is 15.9. The first-order valence-electron chi connectivity index (χ1n) is 9.08. The van der Waals surface area contributed by atoms with Crippen LogP contribution in [0.4, 0.5) is 0 Å². The maximum Gasteiger partial charge on any atom is 0.193 e. The molecule has 6 heteroatoms. The van der Waals surface area contributed by atoms with Crippen molar-refractivity contribution < 1.29 is 4.74 Å². The van der Waals surface area contributed by atoms with Gasteiger partial charge in [0, 0.05) is 50.8 Å². The van der Waals surface area contributed by atoms with Crippen molar-refractivity contribution in [1.29, 1.82) is 0 Å². The third kappa shape index (κ3) is 6.51. The minimum atomic E-state index is 0.726. The van der Waals surface area contributed by atoms with Crippen molar-refractivity contribution in [2.45, 2.75) is 31.9 Å². The Balaban J connectivity index is 1.62. The normalized spacial score (nSPS) is 24.3. The number of nitrogens with one attached hydrogen (secondary N) is 1. The van der Waals surface area contributed by atoms with Gasteiger partial charge in [-0.15, -0.1) is 0 Å². The molecular weight excluding hydrogens is 308 g/mol. The van der Waals surface area contributed by atoms with Crippen molar-refractivity contribution in [3.8, 4) is 0 Å². The lowest BCUT2D eigenvalue weighted by Crippen LogP contribution is -2.49. The van der Waals surface area contributed by atoms with Crippen LogP contribution in [0.15, 0.2) is 4.99 Å². The molecule has 0 aliphatic carbocycles. The molecule has 1 N–H and O–H groups in total. The summed E-state index contributed by atoms with van der Waals surface area (Å²) in [7, 11) is 1.90. The molecule has 1 atom stereocenters. The molecule has 2 aliphatic rings. The summed E-state index contributed by atoms with van der Waals surface area (Å²) in [4.78, 5) is 9.43. The van der Waals surface area contributed by atoms with E-state index < -0.39 is 0 Å². The molecule has 0 saturated carbocycles. The predicted molar refractivity (Wildman–Crippen MR) is 101 cm³/mol. The molecule has 2 heterocycles. The molecule has 134 valence electrons. The molecular formula is C17H34N4OS. The van der Waals surface area contributed by atoms with E-state index in [9.17, 15) is 0 Å². The summed E-state index contributed by atoms with van der Waals surface area (Å²) in [5, 5.41) is 4.29. The van der Waals surface area contributed by atoms with Gasteiger partial charge in [0.25, 0.3) is 0 Å². The van der Waals surface area contributed by atoms with E-state index >= 15 is 0 Å². The van der Waals surface area contributed by atoms with Crippen LogP contribution in [0, 0.1) is 5.92 Å². The van der Waals surface area contributed by atoms with Gasteiger partial charge in [-0.25, -0.2) is 0 Å². The molecule has 5 nitrogen and oxygen atoms in total. The van der Waals surface area contributed by atoms with Crippen LogP contribution in [0.25, 0.3) is 0 Å². The maximum absolute atomic E-state index is 5.39. The van der Waals surface area contributed by atoms with Crippen LogP contribution in [0.5, 0.6) is 0 Å². The first-order valence-corrected chi connectivity index (χ1v) is 10.1. The number of rotatable bonds is 6. The van der Waals surface area contributed by atoms with Crippen molar-refractivity contribution in [2.24, 2.45) is 10.9 Å². The number of unbranched alkanes of at least 4 members (excludes halogenated alkanes) is 1. The van der Waals surface area contributed by atoms with Gasteiger partial charge < -0.3 is 15.0 Å². The van der Waals surface area contributed by atoms with Gasteiger partial charge in [-0.3, -0.25) is 9.89 Å².